The summed E-state index contributed by atoms with van der Waals surface area (Å²) in [5.41, 5.74) is 3.92. The van der Waals surface area contributed by atoms with Crippen LogP contribution < -0.4 is 11.2 Å². The maximum absolute atomic E-state index is 12.6. The number of anilines is 1. The number of halogens is 3. The zero-order valence-corrected chi connectivity index (χ0v) is 10.1. The van der Waals surface area contributed by atoms with Gasteiger partial charge in [0.05, 0.1) is 10.5 Å². The van der Waals surface area contributed by atoms with Gasteiger partial charge in [-0.2, -0.15) is 23.5 Å². The lowest BCUT2D eigenvalue weighted by Crippen LogP contribution is -2.22. The Morgan fingerprint density at radius 3 is 2.57 bits per heavy atom. The van der Waals surface area contributed by atoms with Crippen molar-refractivity contribution in [3.63, 3.8) is 0 Å². The Morgan fingerprint density at radius 2 is 2.14 bits per heavy atom. The summed E-state index contributed by atoms with van der Waals surface area (Å²) in [6.07, 6.45) is -4.70. The van der Waals surface area contributed by atoms with Gasteiger partial charge in [0.25, 0.3) is 5.69 Å². The van der Waals surface area contributed by atoms with Gasteiger partial charge in [-0.3, -0.25) is 20.9 Å². The van der Waals surface area contributed by atoms with Crippen LogP contribution in [0.2, 0.25) is 0 Å². The molecular weight excluding hydrogens is 293 g/mol. The molecule has 0 bridgehead atoms. The standard InChI is InChI=1S/C10H7F3N6O2/c11-10(12,13)5-1-2-8(19(20)21)6(3-5)17-18-7(4-14)9(15)16/h1-3,17H,(H3,15,16)/b18-7+. The number of nitro groups is 1. The minimum Gasteiger partial charge on any atom is -0.382 e. The van der Waals surface area contributed by atoms with Crippen LogP contribution in [0.5, 0.6) is 0 Å². The topological polar surface area (TPSA) is 141 Å². The van der Waals surface area contributed by atoms with E-state index in [1.54, 1.807) is 0 Å². The van der Waals surface area contributed by atoms with E-state index >= 15 is 0 Å². The molecule has 110 valence electrons. The Morgan fingerprint density at radius 1 is 1.52 bits per heavy atom. The highest BCUT2D eigenvalue weighted by molar-refractivity contribution is 6.45. The van der Waals surface area contributed by atoms with Crippen LogP contribution in [0, 0.1) is 26.9 Å². The van der Waals surface area contributed by atoms with Crippen LogP contribution in [0.3, 0.4) is 0 Å². The van der Waals surface area contributed by atoms with Gasteiger partial charge in [0.2, 0.25) is 5.71 Å². The van der Waals surface area contributed by atoms with Gasteiger partial charge in [-0.1, -0.05) is 0 Å². The van der Waals surface area contributed by atoms with E-state index in [9.17, 15) is 23.3 Å². The van der Waals surface area contributed by atoms with Gasteiger partial charge >= 0.3 is 6.18 Å². The van der Waals surface area contributed by atoms with Crippen molar-refractivity contribution in [2.45, 2.75) is 6.18 Å². The summed E-state index contributed by atoms with van der Waals surface area (Å²) in [7, 11) is 0. The van der Waals surface area contributed by atoms with E-state index in [1.165, 1.54) is 6.07 Å². The predicted octanol–water partition coefficient (Wildman–Crippen LogP) is 1.84. The zero-order valence-electron chi connectivity index (χ0n) is 10.1. The molecule has 0 unspecified atom stereocenters. The quantitative estimate of drug-likeness (QED) is 0.336. The van der Waals surface area contributed by atoms with Crippen LogP contribution in [0.1, 0.15) is 5.56 Å². The molecule has 1 aromatic rings. The number of nitrogens with two attached hydrogens (primary N) is 1. The molecule has 4 N–H and O–H groups in total. The first kappa shape index (κ1) is 15.9. The largest absolute Gasteiger partial charge is 0.416 e. The van der Waals surface area contributed by atoms with Crippen LogP contribution in [-0.4, -0.2) is 16.5 Å². The number of nitriles is 1. The van der Waals surface area contributed by atoms with Crippen molar-refractivity contribution in [2.75, 3.05) is 5.43 Å². The third kappa shape index (κ3) is 3.90. The molecule has 0 aliphatic rings. The summed E-state index contributed by atoms with van der Waals surface area (Å²) in [4.78, 5) is 9.82. The molecule has 0 heterocycles. The van der Waals surface area contributed by atoms with Crippen molar-refractivity contribution >= 4 is 22.9 Å². The molecule has 1 rings (SSSR count). The Balaban J connectivity index is 3.29. The maximum Gasteiger partial charge on any atom is 0.416 e. The fourth-order valence-corrected chi connectivity index (χ4v) is 1.22. The summed E-state index contributed by atoms with van der Waals surface area (Å²) in [5, 5.41) is 29.5. The normalized spacial score (nSPS) is 11.6. The Bertz CT molecular complexity index is 662. The number of alkyl halides is 3. The molecule has 0 saturated carbocycles. The van der Waals surface area contributed by atoms with Gasteiger partial charge in [0, 0.05) is 6.07 Å². The minimum atomic E-state index is -4.70. The highest BCUT2D eigenvalue weighted by Crippen LogP contribution is 2.34. The van der Waals surface area contributed by atoms with Gasteiger partial charge in [-0.15, -0.1) is 0 Å². The van der Waals surface area contributed by atoms with E-state index in [-0.39, 0.29) is 0 Å². The number of amidine groups is 1. The molecule has 1 aromatic carbocycles. The third-order valence-corrected chi connectivity index (χ3v) is 2.17. The van der Waals surface area contributed by atoms with Crippen LogP contribution in [-0.2, 0) is 6.18 Å². The summed E-state index contributed by atoms with van der Waals surface area (Å²) in [6.45, 7) is 0. The second-order valence-electron chi connectivity index (χ2n) is 3.58. The van der Waals surface area contributed by atoms with E-state index < -0.39 is 39.6 Å². The molecule has 0 radical (unpaired) electrons. The number of nitro benzene ring substituents is 1. The molecule has 0 aliphatic carbocycles. The summed E-state index contributed by atoms with van der Waals surface area (Å²) >= 11 is 0. The van der Waals surface area contributed by atoms with Crippen LogP contribution in [0.15, 0.2) is 23.3 Å². The average molecular weight is 300 g/mol. The predicted molar refractivity (Wildman–Crippen MR) is 66.7 cm³/mol. The average Bonchev–Trinajstić information content (AvgIpc) is 2.37. The number of rotatable bonds is 4. The Kier molecular flexibility index (Phi) is 4.44. The maximum atomic E-state index is 12.6. The van der Waals surface area contributed by atoms with Gasteiger partial charge < -0.3 is 5.73 Å². The number of hydrazone groups is 1. The van der Waals surface area contributed by atoms with Gasteiger partial charge in [-0.05, 0) is 12.1 Å². The molecule has 0 aromatic heterocycles. The zero-order chi connectivity index (χ0) is 16.2. The number of hydrogen-bond donors (Lipinski definition) is 3. The lowest BCUT2D eigenvalue weighted by molar-refractivity contribution is -0.384. The fourth-order valence-electron chi connectivity index (χ4n) is 1.22. The molecule has 0 saturated heterocycles. The van der Waals surface area contributed by atoms with E-state index in [0.29, 0.717) is 18.2 Å². The Labute approximate surface area is 115 Å². The van der Waals surface area contributed by atoms with Crippen LogP contribution >= 0.6 is 0 Å². The molecule has 0 amide bonds. The van der Waals surface area contributed by atoms with Crippen molar-refractivity contribution in [1.29, 1.82) is 10.7 Å². The van der Waals surface area contributed by atoms with E-state index in [0.717, 1.165) is 0 Å². The molecule has 0 spiro atoms. The SMILES string of the molecule is N#C/C(=N\Nc1cc(C(F)(F)F)ccc1[N+](=O)[O-])C(=N)N. The van der Waals surface area contributed by atoms with Crippen molar-refractivity contribution in [3.8, 4) is 6.07 Å². The molecular formula is C10H7F3N6O2. The van der Waals surface area contributed by atoms with Crippen molar-refractivity contribution in [3.05, 3.63) is 33.9 Å². The minimum absolute atomic E-state index is 0.469. The summed E-state index contributed by atoms with van der Waals surface area (Å²) < 4.78 is 37.7. The van der Waals surface area contributed by atoms with Crippen LogP contribution in [0.4, 0.5) is 24.5 Å². The smallest absolute Gasteiger partial charge is 0.382 e. The lowest BCUT2D eigenvalue weighted by atomic mass is 10.1. The van der Waals surface area contributed by atoms with Gasteiger partial charge in [0.15, 0.2) is 5.84 Å². The van der Waals surface area contributed by atoms with E-state index in [4.69, 9.17) is 16.4 Å². The van der Waals surface area contributed by atoms with Crippen molar-refractivity contribution < 1.29 is 18.1 Å². The van der Waals surface area contributed by atoms with Crippen molar-refractivity contribution in [2.24, 2.45) is 10.8 Å². The first-order chi connectivity index (χ1) is 9.66. The first-order valence-electron chi connectivity index (χ1n) is 5.10. The molecule has 11 heteroatoms. The van der Waals surface area contributed by atoms with Gasteiger partial charge in [0.1, 0.15) is 11.8 Å². The second-order valence-corrected chi connectivity index (χ2v) is 3.58. The highest BCUT2D eigenvalue weighted by atomic mass is 19.4. The number of nitrogens with one attached hydrogen (secondary N) is 2. The van der Waals surface area contributed by atoms with E-state index in [2.05, 4.69) is 5.10 Å². The number of hydrogen-bond acceptors (Lipinski definition) is 6. The third-order valence-electron chi connectivity index (χ3n) is 2.17. The summed E-state index contributed by atoms with van der Waals surface area (Å²) in [5.74, 6) is -0.736. The Hall–Kier alpha value is -3.16. The molecule has 0 aliphatic heterocycles. The lowest BCUT2D eigenvalue weighted by Gasteiger charge is -2.09. The van der Waals surface area contributed by atoms with Crippen molar-refractivity contribution in [1.82, 2.24) is 0 Å². The number of nitrogens with zero attached hydrogens (tertiary/aromatic N) is 3. The molecule has 0 atom stereocenters. The summed E-state index contributed by atoms with van der Waals surface area (Å²) in [6, 6.07) is 3.08. The van der Waals surface area contributed by atoms with E-state index in [1.807, 2.05) is 5.43 Å². The molecule has 8 nitrogen and oxygen atoms in total. The highest BCUT2D eigenvalue weighted by Gasteiger charge is 2.32. The molecule has 0 fully saturated rings. The number of benzene rings is 1. The molecule has 21 heavy (non-hydrogen) atoms. The second kappa shape index (κ2) is 5.87. The fraction of sp³-hybridized carbons (Fsp3) is 0.100. The van der Waals surface area contributed by atoms with Gasteiger partial charge in [-0.25, -0.2) is 0 Å². The van der Waals surface area contributed by atoms with Crippen LogP contribution in [0.25, 0.3) is 0 Å². The first-order valence-corrected chi connectivity index (χ1v) is 5.10. The monoisotopic (exact) mass is 300 g/mol.